The molecule has 0 radical (unpaired) electrons. The Kier molecular flexibility index (Phi) is 7.80. The number of amides is 2. The molecule has 3 aromatic rings. The molecular weight excluding hydrogens is 457 g/mol. The molecule has 0 aliphatic heterocycles. The number of aryl methyl sites for hydroxylation is 1. The van der Waals surface area contributed by atoms with Crippen LogP contribution in [0, 0.1) is 12.7 Å². The van der Waals surface area contributed by atoms with Crippen LogP contribution in [0.1, 0.15) is 15.9 Å². The van der Waals surface area contributed by atoms with Crippen LogP contribution >= 0.6 is 0 Å². The number of rotatable bonds is 9. The zero-order chi connectivity index (χ0) is 24.7. The highest BCUT2D eigenvalue weighted by atomic mass is 32.2. The number of carbonyl (C=O) groups excluding carboxylic acids is 2. The highest BCUT2D eigenvalue weighted by molar-refractivity contribution is 7.92. The van der Waals surface area contributed by atoms with E-state index in [1.807, 2.05) is 0 Å². The molecule has 0 fully saturated rings. The number of carbonyl (C=O) groups is 2. The molecule has 0 saturated heterocycles. The third-order valence-corrected chi connectivity index (χ3v) is 6.64. The van der Waals surface area contributed by atoms with E-state index in [0.717, 1.165) is 11.6 Å². The van der Waals surface area contributed by atoms with Gasteiger partial charge in [0.25, 0.3) is 15.9 Å². The number of hydrogen-bond donors (Lipinski definition) is 2. The number of nitrogens with one attached hydrogen (secondary N) is 2. The van der Waals surface area contributed by atoms with Crippen molar-refractivity contribution in [1.29, 1.82) is 0 Å². The van der Waals surface area contributed by atoms with E-state index in [2.05, 4.69) is 17.2 Å². The summed E-state index contributed by atoms with van der Waals surface area (Å²) in [4.78, 5) is 25.3. The zero-order valence-electron chi connectivity index (χ0n) is 18.5. The summed E-state index contributed by atoms with van der Waals surface area (Å²) in [6.45, 7) is 4.87. The summed E-state index contributed by atoms with van der Waals surface area (Å²) in [5.74, 6) is -1.98. The predicted molar refractivity (Wildman–Crippen MR) is 130 cm³/mol. The van der Waals surface area contributed by atoms with Gasteiger partial charge in [-0.15, -0.1) is 6.58 Å². The SMILES string of the molecule is C=CCNC(=O)c1ccccc1NC(=O)CN(c1ccccc1F)S(=O)(=O)c1ccc(C)cc1. The zero-order valence-corrected chi connectivity index (χ0v) is 19.3. The van der Waals surface area contributed by atoms with Gasteiger partial charge in [0.15, 0.2) is 0 Å². The van der Waals surface area contributed by atoms with Crippen LogP contribution in [0.3, 0.4) is 0 Å². The van der Waals surface area contributed by atoms with Crippen LogP contribution < -0.4 is 14.9 Å². The number of sulfonamides is 1. The second kappa shape index (κ2) is 10.8. The molecule has 3 aromatic carbocycles. The normalized spacial score (nSPS) is 10.9. The van der Waals surface area contributed by atoms with Crippen LogP contribution in [0.25, 0.3) is 0 Å². The molecule has 0 bridgehead atoms. The maximum Gasteiger partial charge on any atom is 0.264 e. The molecule has 7 nitrogen and oxygen atoms in total. The highest BCUT2D eigenvalue weighted by Crippen LogP contribution is 2.26. The van der Waals surface area contributed by atoms with Crippen molar-refractivity contribution in [3.63, 3.8) is 0 Å². The van der Waals surface area contributed by atoms with Gasteiger partial charge in [0.2, 0.25) is 5.91 Å². The second-order valence-electron chi connectivity index (χ2n) is 7.37. The Morgan fingerprint density at radius 2 is 1.65 bits per heavy atom. The highest BCUT2D eigenvalue weighted by Gasteiger charge is 2.29. The maximum atomic E-state index is 14.6. The van der Waals surface area contributed by atoms with E-state index in [0.29, 0.717) is 4.31 Å². The number of anilines is 2. The lowest BCUT2D eigenvalue weighted by Crippen LogP contribution is -2.39. The molecule has 3 rings (SSSR count). The first-order chi connectivity index (χ1) is 16.2. The molecule has 0 aliphatic rings. The Bertz CT molecular complexity index is 1310. The van der Waals surface area contributed by atoms with E-state index < -0.39 is 34.2 Å². The summed E-state index contributed by atoms with van der Waals surface area (Å²) >= 11 is 0. The first-order valence-corrected chi connectivity index (χ1v) is 11.8. The number of nitrogens with zero attached hydrogens (tertiary/aromatic N) is 1. The summed E-state index contributed by atoms with van der Waals surface area (Å²) in [6.07, 6.45) is 1.52. The van der Waals surface area contributed by atoms with Crippen LogP contribution in [-0.4, -0.2) is 33.3 Å². The topological polar surface area (TPSA) is 95.6 Å². The monoisotopic (exact) mass is 481 g/mol. The van der Waals surface area contributed by atoms with Crippen LogP contribution in [-0.2, 0) is 14.8 Å². The Balaban J connectivity index is 1.93. The minimum absolute atomic E-state index is 0.0849. The van der Waals surface area contributed by atoms with Gasteiger partial charge in [0.1, 0.15) is 12.4 Å². The third-order valence-electron chi connectivity index (χ3n) is 4.87. The van der Waals surface area contributed by atoms with Crippen molar-refractivity contribution in [2.45, 2.75) is 11.8 Å². The molecule has 0 aromatic heterocycles. The summed E-state index contributed by atoms with van der Waals surface area (Å²) in [6, 6.07) is 17.6. The van der Waals surface area contributed by atoms with E-state index in [4.69, 9.17) is 0 Å². The Morgan fingerprint density at radius 3 is 2.32 bits per heavy atom. The van der Waals surface area contributed by atoms with Gasteiger partial charge in [0.05, 0.1) is 21.8 Å². The number of para-hydroxylation sites is 2. The third kappa shape index (κ3) is 5.68. The average molecular weight is 482 g/mol. The Labute approximate surface area is 198 Å². The second-order valence-corrected chi connectivity index (χ2v) is 9.23. The van der Waals surface area contributed by atoms with Crippen LogP contribution in [0.15, 0.2) is 90.3 Å². The molecule has 0 atom stereocenters. The molecule has 2 amide bonds. The van der Waals surface area contributed by atoms with Gasteiger partial charge in [-0.1, -0.05) is 48.0 Å². The lowest BCUT2D eigenvalue weighted by Gasteiger charge is -2.24. The molecule has 2 N–H and O–H groups in total. The summed E-state index contributed by atoms with van der Waals surface area (Å²) in [7, 11) is -4.28. The molecule has 0 aliphatic carbocycles. The fourth-order valence-electron chi connectivity index (χ4n) is 3.16. The van der Waals surface area contributed by atoms with Crippen LogP contribution in [0.4, 0.5) is 15.8 Å². The van der Waals surface area contributed by atoms with E-state index in [-0.39, 0.29) is 28.4 Å². The standard InChI is InChI=1S/C25H24FN3O4S/c1-3-16-27-25(31)20-8-4-6-10-22(20)28-24(30)17-29(23-11-7-5-9-21(23)26)34(32,33)19-14-12-18(2)13-15-19/h3-15H,1,16-17H2,2H3,(H,27,31)(H,28,30). The smallest absolute Gasteiger partial charge is 0.264 e. The first-order valence-electron chi connectivity index (χ1n) is 10.4. The Hall–Kier alpha value is -3.98. The average Bonchev–Trinajstić information content (AvgIpc) is 2.82. The molecule has 9 heteroatoms. The predicted octanol–water partition coefficient (Wildman–Crippen LogP) is 3.88. The van der Waals surface area contributed by atoms with Crippen molar-refractivity contribution < 1.29 is 22.4 Å². The first kappa shape index (κ1) is 24.7. The molecule has 0 unspecified atom stereocenters. The van der Waals surface area contributed by atoms with E-state index in [1.165, 1.54) is 48.5 Å². The number of hydrogen-bond acceptors (Lipinski definition) is 4. The van der Waals surface area contributed by atoms with Crippen molar-refractivity contribution in [3.8, 4) is 0 Å². The summed E-state index contributed by atoms with van der Waals surface area (Å²) in [5.41, 5.74) is 0.961. The maximum absolute atomic E-state index is 14.6. The minimum atomic E-state index is -4.28. The summed E-state index contributed by atoms with van der Waals surface area (Å²) < 4.78 is 42.1. The van der Waals surface area contributed by atoms with Crippen LogP contribution in [0.2, 0.25) is 0 Å². The van der Waals surface area contributed by atoms with Crippen molar-refractivity contribution in [3.05, 3.63) is 102 Å². The van der Waals surface area contributed by atoms with Crippen molar-refractivity contribution in [1.82, 2.24) is 5.32 Å². The molecule has 34 heavy (non-hydrogen) atoms. The fourth-order valence-corrected chi connectivity index (χ4v) is 4.59. The van der Waals surface area contributed by atoms with E-state index in [1.54, 1.807) is 31.2 Å². The van der Waals surface area contributed by atoms with Crippen molar-refractivity contribution in [2.24, 2.45) is 0 Å². The van der Waals surface area contributed by atoms with Gasteiger partial charge in [-0.05, 0) is 43.3 Å². The number of benzene rings is 3. The lowest BCUT2D eigenvalue weighted by molar-refractivity contribution is -0.114. The molecule has 0 heterocycles. The number of halogens is 1. The van der Waals surface area contributed by atoms with Gasteiger partial charge >= 0.3 is 0 Å². The van der Waals surface area contributed by atoms with Crippen LogP contribution in [0.5, 0.6) is 0 Å². The lowest BCUT2D eigenvalue weighted by atomic mass is 10.1. The van der Waals surface area contributed by atoms with Gasteiger partial charge in [-0.25, -0.2) is 12.8 Å². The quantitative estimate of drug-likeness (QED) is 0.454. The molecule has 0 saturated carbocycles. The summed E-state index contributed by atoms with van der Waals surface area (Å²) in [5, 5.41) is 5.19. The van der Waals surface area contributed by atoms with Gasteiger partial charge in [-0.3, -0.25) is 13.9 Å². The largest absolute Gasteiger partial charge is 0.349 e. The van der Waals surface area contributed by atoms with Crippen molar-refractivity contribution >= 4 is 33.2 Å². The van der Waals surface area contributed by atoms with Gasteiger partial charge in [-0.2, -0.15) is 0 Å². The van der Waals surface area contributed by atoms with Crippen molar-refractivity contribution in [2.75, 3.05) is 22.7 Å². The van der Waals surface area contributed by atoms with E-state index in [9.17, 15) is 22.4 Å². The van der Waals surface area contributed by atoms with Gasteiger partial charge < -0.3 is 10.6 Å². The van der Waals surface area contributed by atoms with Gasteiger partial charge in [0, 0.05) is 6.54 Å². The molecule has 176 valence electrons. The minimum Gasteiger partial charge on any atom is -0.349 e. The fraction of sp³-hybridized carbons (Fsp3) is 0.120. The molecular formula is C25H24FN3O4S. The molecule has 0 spiro atoms. The Morgan fingerprint density at radius 1 is 1.00 bits per heavy atom. The van der Waals surface area contributed by atoms with E-state index >= 15 is 0 Å².